The molecule has 0 aliphatic carbocycles. The van der Waals surface area contributed by atoms with Crippen LogP contribution in [0, 0.1) is 5.92 Å². The number of ether oxygens (including phenoxy) is 1. The van der Waals surface area contributed by atoms with Crippen LogP contribution in [0.2, 0.25) is 5.02 Å². The predicted molar refractivity (Wildman–Crippen MR) is 130 cm³/mol. The van der Waals surface area contributed by atoms with Crippen molar-refractivity contribution in [2.24, 2.45) is 5.92 Å². The van der Waals surface area contributed by atoms with Gasteiger partial charge >= 0.3 is 0 Å². The number of piperazine rings is 1. The van der Waals surface area contributed by atoms with E-state index in [1.54, 1.807) is 24.3 Å². The lowest BCUT2D eigenvalue weighted by Crippen LogP contribution is -2.49. The molecular weight excluding hydrogens is 426 g/mol. The van der Waals surface area contributed by atoms with Crippen LogP contribution in [0.4, 0.5) is 11.4 Å². The third-order valence-corrected chi connectivity index (χ3v) is 5.53. The lowest BCUT2D eigenvalue weighted by atomic mass is 10.1. The van der Waals surface area contributed by atoms with Crippen molar-refractivity contribution in [2.75, 3.05) is 36.4 Å². The normalized spacial score (nSPS) is 14.1. The molecule has 0 spiro atoms. The molecule has 1 heterocycles. The van der Waals surface area contributed by atoms with Crippen LogP contribution >= 0.6 is 11.6 Å². The molecule has 1 fully saturated rings. The van der Waals surface area contributed by atoms with Gasteiger partial charge in [0, 0.05) is 43.9 Å². The number of carbonyl (C=O) groups is 2. The summed E-state index contributed by atoms with van der Waals surface area (Å²) in [4.78, 5) is 29.1. The zero-order valence-electron chi connectivity index (χ0n) is 19.2. The maximum atomic E-state index is 12.7. The Morgan fingerprint density at radius 2 is 1.75 bits per heavy atom. The van der Waals surface area contributed by atoms with Crippen molar-refractivity contribution in [3.63, 3.8) is 0 Å². The van der Waals surface area contributed by atoms with E-state index in [4.69, 9.17) is 16.3 Å². The van der Waals surface area contributed by atoms with Gasteiger partial charge in [-0.3, -0.25) is 9.59 Å². The van der Waals surface area contributed by atoms with Gasteiger partial charge in [-0.15, -0.1) is 0 Å². The van der Waals surface area contributed by atoms with Crippen molar-refractivity contribution in [3.05, 3.63) is 53.1 Å². The Labute approximate surface area is 195 Å². The molecule has 172 valence electrons. The Morgan fingerprint density at radius 1 is 1.03 bits per heavy atom. The van der Waals surface area contributed by atoms with E-state index in [1.807, 2.05) is 36.9 Å². The fourth-order valence-corrected chi connectivity index (χ4v) is 4.00. The molecule has 0 unspecified atom stereocenters. The molecule has 1 N–H and O–H groups in total. The van der Waals surface area contributed by atoms with Crippen molar-refractivity contribution in [2.45, 2.75) is 40.2 Å². The molecule has 1 saturated heterocycles. The molecule has 1 aliphatic heterocycles. The van der Waals surface area contributed by atoms with Crippen molar-refractivity contribution < 1.29 is 14.3 Å². The van der Waals surface area contributed by atoms with Crippen LogP contribution < -0.4 is 15.0 Å². The van der Waals surface area contributed by atoms with Crippen LogP contribution in [0.5, 0.6) is 5.75 Å². The second-order valence-electron chi connectivity index (χ2n) is 8.78. The Hall–Kier alpha value is -2.73. The maximum absolute atomic E-state index is 12.7. The summed E-state index contributed by atoms with van der Waals surface area (Å²) in [5, 5.41) is 3.47. The van der Waals surface area contributed by atoms with E-state index >= 15 is 0 Å². The fourth-order valence-electron chi connectivity index (χ4n) is 3.70. The van der Waals surface area contributed by atoms with Crippen LogP contribution in [-0.4, -0.2) is 49.0 Å². The summed E-state index contributed by atoms with van der Waals surface area (Å²) in [6, 6.07) is 12.6. The molecule has 3 rings (SSSR count). The van der Waals surface area contributed by atoms with E-state index in [0.717, 1.165) is 18.8 Å². The molecule has 0 radical (unpaired) electrons. The van der Waals surface area contributed by atoms with Crippen LogP contribution in [0.15, 0.2) is 42.5 Å². The van der Waals surface area contributed by atoms with Gasteiger partial charge in [0.25, 0.3) is 5.91 Å². The largest absolute Gasteiger partial charge is 0.491 e. The molecule has 0 bridgehead atoms. The van der Waals surface area contributed by atoms with Crippen molar-refractivity contribution in [1.82, 2.24) is 4.90 Å². The first-order chi connectivity index (χ1) is 15.2. The summed E-state index contributed by atoms with van der Waals surface area (Å²) < 4.78 is 5.67. The smallest absolute Gasteiger partial charge is 0.255 e. The highest BCUT2D eigenvalue weighted by Crippen LogP contribution is 2.30. The van der Waals surface area contributed by atoms with Crippen molar-refractivity contribution in [1.29, 1.82) is 0 Å². The first-order valence-corrected chi connectivity index (χ1v) is 11.5. The summed E-state index contributed by atoms with van der Waals surface area (Å²) in [7, 11) is 0. The third-order valence-electron chi connectivity index (χ3n) is 5.23. The lowest BCUT2D eigenvalue weighted by molar-refractivity contribution is -0.132. The van der Waals surface area contributed by atoms with Crippen LogP contribution in [0.3, 0.4) is 0 Å². The molecule has 2 aromatic rings. The van der Waals surface area contributed by atoms with E-state index < -0.39 is 0 Å². The topological polar surface area (TPSA) is 61.9 Å². The van der Waals surface area contributed by atoms with Gasteiger partial charge in [-0.05, 0) is 56.2 Å². The molecular formula is C25H32ClN3O3. The Balaban J connectivity index is 1.61. The van der Waals surface area contributed by atoms with E-state index in [-0.39, 0.29) is 17.9 Å². The number of rotatable bonds is 7. The molecule has 0 atom stereocenters. The summed E-state index contributed by atoms with van der Waals surface area (Å²) in [5.74, 6) is 1.02. The quantitative estimate of drug-likeness (QED) is 0.630. The number of amides is 2. The number of nitrogens with zero attached hydrogens (tertiary/aromatic N) is 2. The minimum atomic E-state index is -0.222. The minimum absolute atomic E-state index is 0.0369. The van der Waals surface area contributed by atoms with Gasteiger partial charge in [-0.2, -0.15) is 0 Å². The minimum Gasteiger partial charge on any atom is -0.491 e. The Bertz CT molecular complexity index is 953. The number of hydrogen-bond donors (Lipinski definition) is 1. The zero-order chi connectivity index (χ0) is 23.3. The summed E-state index contributed by atoms with van der Waals surface area (Å²) in [5.41, 5.74) is 2.06. The standard InChI is InChI=1S/C25H32ClN3O3/c1-17(2)14-24(30)29-12-10-28(11-13-29)23-9-8-20(16-22(23)26)27-25(31)19-6-5-7-21(15-19)32-18(3)4/h5-9,15-18H,10-14H2,1-4H3,(H,27,31). The Morgan fingerprint density at radius 3 is 2.38 bits per heavy atom. The number of hydrogen-bond acceptors (Lipinski definition) is 4. The molecule has 1 aliphatic rings. The predicted octanol–water partition coefficient (Wildman–Crippen LogP) is 5.07. The first kappa shape index (κ1) is 23.9. The SMILES string of the molecule is CC(C)CC(=O)N1CCN(c2ccc(NC(=O)c3cccc(OC(C)C)c3)cc2Cl)CC1. The average Bonchev–Trinajstić information content (AvgIpc) is 2.73. The second kappa shape index (κ2) is 10.7. The van der Waals surface area contributed by atoms with Crippen LogP contribution in [0.25, 0.3) is 0 Å². The fraction of sp³-hybridized carbons (Fsp3) is 0.440. The highest BCUT2D eigenvalue weighted by atomic mass is 35.5. The molecule has 0 aromatic heterocycles. The first-order valence-electron chi connectivity index (χ1n) is 11.1. The second-order valence-corrected chi connectivity index (χ2v) is 9.19. The summed E-state index contributed by atoms with van der Waals surface area (Å²) in [6.07, 6.45) is 0.622. The van der Waals surface area contributed by atoms with Gasteiger partial charge in [0.15, 0.2) is 0 Å². The number of anilines is 2. The highest BCUT2D eigenvalue weighted by Gasteiger charge is 2.23. The van der Waals surface area contributed by atoms with E-state index in [1.165, 1.54) is 0 Å². The monoisotopic (exact) mass is 457 g/mol. The summed E-state index contributed by atoms with van der Waals surface area (Å²) in [6.45, 7) is 10.9. The van der Waals surface area contributed by atoms with E-state index in [9.17, 15) is 9.59 Å². The van der Waals surface area contributed by atoms with Crippen LogP contribution in [0.1, 0.15) is 44.5 Å². The Kier molecular flexibility index (Phi) is 8.02. The number of nitrogens with one attached hydrogen (secondary N) is 1. The van der Waals surface area contributed by atoms with Crippen LogP contribution in [-0.2, 0) is 4.79 Å². The van der Waals surface area contributed by atoms with Crippen molar-refractivity contribution in [3.8, 4) is 5.75 Å². The lowest BCUT2D eigenvalue weighted by Gasteiger charge is -2.36. The van der Waals surface area contributed by atoms with E-state index in [2.05, 4.69) is 24.1 Å². The van der Waals surface area contributed by atoms with Gasteiger partial charge in [-0.1, -0.05) is 31.5 Å². The molecule has 32 heavy (non-hydrogen) atoms. The molecule has 6 nitrogen and oxygen atoms in total. The van der Waals surface area contributed by atoms with Crippen molar-refractivity contribution >= 4 is 34.8 Å². The van der Waals surface area contributed by atoms with Gasteiger partial charge in [-0.25, -0.2) is 0 Å². The molecule has 2 amide bonds. The van der Waals surface area contributed by atoms with Gasteiger partial charge in [0.2, 0.25) is 5.91 Å². The van der Waals surface area contributed by atoms with Gasteiger partial charge < -0.3 is 19.9 Å². The zero-order valence-corrected chi connectivity index (χ0v) is 20.0. The number of halogens is 1. The van der Waals surface area contributed by atoms with Gasteiger partial charge in [0.1, 0.15) is 5.75 Å². The van der Waals surface area contributed by atoms with Gasteiger partial charge in [0.05, 0.1) is 16.8 Å². The van der Waals surface area contributed by atoms with E-state index in [0.29, 0.717) is 47.5 Å². The molecule has 7 heteroatoms. The average molecular weight is 458 g/mol. The molecule has 0 saturated carbocycles. The third kappa shape index (κ3) is 6.39. The highest BCUT2D eigenvalue weighted by molar-refractivity contribution is 6.33. The number of carbonyl (C=O) groups excluding carboxylic acids is 2. The summed E-state index contributed by atoms with van der Waals surface area (Å²) >= 11 is 6.55. The molecule has 2 aromatic carbocycles. The maximum Gasteiger partial charge on any atom is 0.255 e. The number of benzene rings is 2.